The van der Waals surface area contributed by atoms with E-state index in [1.807, 2.05) is 6.92 Å². The van der Waals surface area contributed by atoms with Crippen LogP contribution < -0.4 is 4.74 Å². The number of benzene rings is 2. The van der Waals surface area contributed by atoms with Gasteiger partial charge in [0.2, 0.25) is 0 Å². The van der Waals surface area contributed by atoms with Crippen LogP contribution in [0.1, 0.15) is 15.9 Å². The summed E-state index contributed by atoms with van der Waals surface area (Å²) in [6.07, 6.45) is 0. The normalized spacial score (nSPS) is 10.2. The summed E-state index contributed by atoms with van der Waals surface area (Å²) in [5.74, 6) is -1.27. The van der Waals surface area contributed by atoms with Gasteiger partial charge in [-0.1, -0.05) is 29.8 Å². The van der Waals surface area contributed by atoms with Gasteiger partial charge in [-0.05, 0) is 13.0 Å². The lowest BCUT2D eigenvalue weighted by molar-refractivity contribution is -0.385. The number of rotatable bonds is 5. The fourth-order valence-electron chi connectivity index (χ4n) is 1.72. The number of Topliss-reactive ketones (excluding diaryl/α,β-unsaturated/α-hetero) is 1. The summed E-state index contributed by atoms with van der Waals surface area (Å²) >= 11 is 0. The summed E-state index contributed by atoms with van der Waals surface area (Å²) in [5, 5.41) is 10.8. The summed E-state index contributed by atoms with van der Waals surface area (Å²) in [6, 6.07) is 9.69. The lowest BCUT2D eigenvalue weighted by Gasteiger charge is -2.06. The van der Waals surface area contributed by atoms with Crippen LogP contribution >= 0.6 is 0 Å². The maximum Gasteiger partial charge on any atom is 0.311 e. The Balaban J connectivity index is 2.12. The van der Waals surface area contributed by atoms with Crippen molar-refractivity contribution in [3.05, 3.63) is 69.5 Å². The Kier molecular flexibility index (Phi) is 4.27. The van der Waals surface area contributed by atoms with Crippen LogP contribution in [0, 0.1) is 22.9 Å². The molecule has 2 rings (SSSR count). The third-order valence-electron chi connectivity index (χ3n) is 2.85. The summed E-state index contributed by atoms with van der Waals surface area (Å²) in [5.41, 5.74) is 1.06. The lowest BCUT2D eigenvalue weighted by Crippen LogP contribution is -2.12. The summed E-state index contributed by atoms with van der Waals surface area (Å²) < 4.78 is 18.2. The first-order valence-corrected chi connectivity index (χ1v) is 6.14. The van der Waals surface area contributed by atoms with Crippen LogP contribution in [-0.2, 0) is 0 Å². The third kappa shape index (κ3) is 3.62. The van der Waals surface area contributed by atoms with E-state index in [4.69, 9.17) is 4.74 Å². The van der Waals surface area contributed by atoms with Crippen LogP contribution in [0.5, 0.6) is 5.75 Å². The van der Waals surface area contributed by atoms with E-state index in [2.05, 4.69) is 0 Å². The van der Waals surface area contributed by atoms with Gasteiger partial charge >= 0.3 is 5.69 Å². The van der Waals surface area contributed by atoms with Gasteiger partial charge in [0.1, 0.15) is 5.82 Å². The summed E-state index contributed by atoms with van der Waals surface area (Å²) in [4.78, 5) is 22.0. The molecule has 0 radical (unpaired) electrons. The zero-order chi connectivity index (χ0) is 15.4. The summed E-state index contributed by atoms with van der Waals surface area (Å²) in [7, 11) is 0. The second kappa shape index (κ2) is 6.13. The predicted molar refractivity (Wildman–Crippen MR) is 74.1 cm³/mol. The van der Waals surface area contributed by atoms with Crippen molar-refractivity contribution in [1.82, 2.24) is 0 Å². The molecule has 0 atom stereocenters. The number of nitro groups is 1. The summed E-state index contributed by atoms with van der Waals surface area (Å²) in [6.45, 7) is 1.49. The SMILES string of the molecule is Cc1ccc(C(=O)COc2cc(F)ccc2[N+](=O)[O-])cc1. The molecule has 0 unspecified atom stereocenters. The Morgan fingerprint density at radius 2 is 1.90 bits per heavy atom. The highest BCUT2D eigenvalue weighted by atomic mass is 19.1. The van der Waals surface area contributed by atoms with Crippen LogP contribution in [0.3, 0.4) is 0 Å². The molecular weight excluding hydrogens is 277 g/mol. The molecule has 0 aliphatic heterocycles. The van der Waals surface area contributed by atoms with Gasteiger partial charge in [0.25, 0.3) is 0 Å². The van der Waals surface area contributed by atoms with E-state index in [-0.39, 0.29) is 17.2 Å². The van der Waals surface area contributed by atoms with Gasteiger partial charge in [-0.25, -0.2) is 4.39 Å². The molecule has 0 aliphatic carbocycles. The lowest BCUT2D eigenvalue weighted by atomic mass is 10.1. The second-order valence-electron chi connectivity index (χ2n) is 4.45. The zero-order valence-electron chi connectivity index (χ0n) is 11.2. The van der Waals surface area contributed by atoms with Gasteiger partial charge in [0.05, 0.1) is 4.92 Å². The molecule has 0 aromatic heterocycles. The number of hydrogen-bond donors (Lipinski definition) is 0. The molecule has 0 aliphatic rings. The number of hydrogen-bond acceptors (Lipinski definition) is 4. The maximum absolute atomic E-state index is 13.1. The van der Waals surface area contributed by atoms with E-state index in [0.29, 0.717) is 5.56 Å². The maximum atomic E-state index is 13.1. The van der Waals surface area contributed by atoms with Gasteiger partial charge in [-0.15, -0.1) is 0 Å². The minimum atomic E-state index is -0.689. The minimum Gasteiger partial charge on any atom is -0.478 e. The van der Waals surface area contributed by atoms with E-state index in [0.717, 1.165) is 23.8 Å². The quantitative estimate of drug-likeness (QED) is 0.481. The number of carbonyl (C=O) groups excluding carboxylic acids is 1. The Morgan fingerprint density at radius 3 is 2.52 bits per heavy atom. The van der Waals surface area contributed by atoms with Crippen LogP contribution in [0.4, 0.5) is 10.1 Å². The van der Waals surface area contributed by atoms with Crippen molar-refractivity contribution in [2.75, 3.05) is 6.61 Å². The molecule has 0 fully saturated rings. The highest BCUT2D eigenvalue weighted by Crippen LogP contribution is 2.27. The van der Waals surface area contributed by atoms with E-state index in [1.54, 1.807) is 24.3 Å². The predicted octanol–water partition coefficient (Wildman–Crippen LogP) is 3.30. The van der Waals surface area contributed by atoms with E-state index in [1.165, 1.54) is 0 Å². The molecule has 0 saturated carbocycles. The first-order valence-electron chi connectivity index (χ1n) is 6.14. The van der Waals surface area contributed by atoms with E-state index in [9.17, 15) is 19.3 Å². The molecule has 2 aromatic rings. The van der Waals surface area contributed by atoms with Gasteiger partial charge in [0.15, 0.2) is 18.1 Å². The molecule has 0 saturated heterocycles. The number of ether oxygens (including phenoxy) is 1. The average molecular weight is 289 g/mol. The van der Waals surface area contributed by atoms with Crippen molar-refractivity contribution < 1.29 is 18.8 Å². The zero-order valence-corrected chi connectivity index (χ0v) is 11.2. The first kappa shape index (κ1) is 14.6. The number of nitrogens with zero attached hydrogens (tertiary/aromatic N) is 1. The number of ketones is 1. The monoisotopic (exact) mass is 289 g/mol. The standard InChI is InChI=1S/C15H12FNO4/c1-10-2-4-11(5-3-10)14(18)9-21-15-8-12(16)6-7-13(15)17(19)20/h2-8H,9H2,1H3. The number of carbonyl (C=O) groups is 1. The molecule has 2 aromatic carbocycles. The van der Waals surface area contributed by atoms with Gasteiger partial charge in [-0.2, -0.15) is 0 Å². The Hall–Kier alpha value is -2.76. The topological polar surface area (TPSA) is 69.4 Å². The Morgan fingerprint density at radius 1 is 1.24 bits per heavy atom. The third-order valence-corrected chi connectivity index (χ3v) is 2.85. The largest absolute Gasteiger partial charge is 0.478 e. The molecule has 21 heavy (non-hydrogen) atoms. The molecule has 5 nitrogen and oxygen atoms in total. The highest BCUT2D eigenvalue weighted by molar-refractivity contribution is 5.97. The highest BCUT2D eigenvalue weighted by Gasteiger charge is 2.17. The van der Waals surface area contributed by atoms with Crippen molar-refractivity contribution in [2.45, 2.75) is 6.92 Å². The van der Waals surface area contributed by atoms with Crippen molar-refractivity contribution in [2.24, 2.45) is 0 Å². The number of nitro benzene ring substituents is 1. The first-order chi connectivity index (χ1) is 9.97. The average Bonchev–Trinajstić information content (AvgIpc) is 2.45. The fraction of sp³-hybridized carbons (Fsp3) is 0.133. The minimum absolute atomic E-state index is 0.263. The van der Waals surface area contributed by atoms with Gasteiger partial charge in [-0.3, -0.25) is 14.9 Å². The molecule has 0 N–H and O–H groups in total. The second-order valence-corrected chi connectivity index (χ2v) is 4.45. The van der Waals surface area contributed by atoms with Crippen molar-refractivity contribution in [1.29, 1.82) is 0 Å². The van der Waals surface area contributed by atoms with Crippen LogP contribution in [-0.4, -0.2) is 17.3 Å². The van der Waals surface area contributed by atoms with E-state index < -0.39 is 17.3 Å². The molecule has 0 amide bonds. The van der Waals surface area contributed by atoms with Crippen LogP contribution in [0.15, 0.2) is 42.5 Å². The molecular formula is C15H12FNO4. The van der Waals surface area contributed by atoms with Crippen LogP contribution in [0.25, 0.3) is 0 Å². The van der Waals surface area contributed by atoms with Crippen molar-refractivity contribution >= 4 is 11.5 Å². The molecule has 0 spiro atoms. The molecule has 108 valence electrons. The Labute approximate surface area is 120 Å². The number of aryl methyl sites for hydroxylation is 1. The van der Waals surface area contributed by atoms with Gasteiger partial charge < -0.3 is 4.74 Å². The van der Waals surface area contributed by atoms with E-state index >= 15 is 0 Å². The molecule has 0 bridgehead atoms. The number of halogens is 1. The van der Waals surface area contributed by atoms with Gasteiger partial charge in [0, 0.05) is 17.7 Å². The van der Waals surface area contributed by atoms with Crippen molar-refractivity contribution in [3.63, 3.8) is 0 Å². The fourth-order valence-corrected chi connectivity index (χ4v) is 1.72. The molecule has 0 heterocycles. The smallest absolute Gasteiger partial charge is 0.311 e. The molecule has 6 heteroatoms. The Bertz CT molecular complexity index is 683. The van der Waals surface area contributed by atoms with Crippen molar-refractivity contribution in [3.8, 4) is 5.75 Å². The van der Waals surface area contributed by atoms with Crippen LogP contribution in [0.2, 0.25) is 0 Å².